The van der Waals surface area contributed by atoms with E-state index >= 15 is 0 Å². The van der Waals surface area contributed by atoms with Gasteiger partial charge in [-0.3, -0.25) is 14.3 Å². The topological polar surface area (TPSA) is 67.2 Å². The number of nitrogens with zero attached hydrogens (tertiary/aromatic N) is 1. The summed E-state index contributed by atoms with van der Waals surface area (Å²) in [6.45, 7) is 0.133. The lowest BCUT2D eigenvalue weighted by Crippen LogP contribution is -2.17. The van der Waals surface area contributed by atoms with Crippen molar-refractivity contribution < 1.29 is 9.84 Å². The Labute approximate surface area is 97.7 Å². The van der Waals surface area contributed by atoms with Crippen molar-refractivity contribution in [1.82, 2.24) is 9.55 Å². The molecular formula is C10H14N2O3S. The van der Waals surface area contributed by atoms with Crippen molar-refractivity contribution in [2.75, 3.05) is 6.61 Å². The van der Waals surface area contributed by atoms with Crippen molar-refractivity contribution >= 4 is 12.2 Å². The Hall–Kier alpha value is -0.980. The van der Waals surface area contributed by atoms with E-state index in [4.69, 9.17) is 22.1 Å². The highest BCUT2D eigenvalue weighted by Gasteiger charge is 2.25. The molecule has 0 saturated carbocycles. The number of aromatic nitrogens is 2. The molecule has 0 aliphatic carbocycles. The highest BCUT2D eigenvalue weighted by atomic mass is 32.1. The zero-order chi connectivity index (χ0) is 11.5. The van der Waals surface area contributed by atoms with Gasteiger partial charge in [-0.05, 0) is 31.5 Å². The lowest BCUT2D eigenvalue weighted by Gasteiger charge is -2.15. The van der Waals surface area contributed by atoms with Crippen LogP contribution in [0.1, 0.15) is 25.5 Å². The van der Waals surface area contributed by atoms with Crippen LogP contribution in [0.25, 0.3) is 0 Å². The first-order valence-electron chi connectivity index (χ1n) is 5.28. The Morgan fingerprint density at radius 2 is 2.44 bits per heavy atom. The molecule has 0 radical (unpaired) electrons. The molecule has 6 heteroatoms. The maximum Gasteiger partial charge on any atom is 0.251 e. The van der Waals surface area contributed by atoms with Crippen LogP contribution in [0.5, 0.6) is 0 Å². The SMILES string of the molecule is O=c1ccn([C@H]2CC[C@@H](CCO)O2)c(=S)[nH]1. The van der Waals surface area contributed by atoms with E-state index < -0.39 is 0 Å². The average Bonchev–Trinajstić information content (AvgIpc) is 2.67. The predicted octanol–water partition coefficient (Wildman–Crippen LogP) is 0.966. The highest BCUT2D eigenvalue weighted by Crippen LogP contribution is 2.29. The molecule has 2 atom stereocenters. The molecule has 16 heavy (non-hydrogen) atoms. The number of nitrogens with one attached hydrogen (secondary N) is 1. The minimum Gasteiger partial charge on any atom is -0.396 e. The Bertz CT molecular complexity index is 468. The normalized spacial score (nSPS) is 24.8. The fourth-order valence-corrected chi connectivity index (χ4v) is 2.18. The fourth-order valence-electron chi connectivity index (χ4n) is 1.90. The molecule has 0 aromatic carbocycles. The van der Waals surface area contributed by atoms with E-state index in [1.807, 2.05) is 0 Å². The van der Waals surface area contributed by atoms with Crippen LogP contribution in [0, 0.1) is 4.77 Å². The summed E-state index contributed by atoms with van der Waals surface area (Å²) in [5.41, 5.74) is -0.203. The van der Waals surface area contributed by atoms with Gasteiger partial charge in [0.25, 0.3) is 5.56 Å². The van der Waals surface area contributed by atoms with Crippen molar-refractivity contribution in [3.8, 4) is 0 Å². The van der Waals surface area contributed by atoms with E-state index in [0.29, 0.717) is 11.2 Å². The van der Waals surface area contributed by atoms with Gasteiger partial charge in [0.15, 0.2) is 4.77 Å². The number of aromatic amines is 1. The van der Waals surface area contributed by atoms with Gasteiger partial charge in [0.1, 0.15) is 6.23 Å². The summed E-state index contributed by atoms with van der Waals surface area (Å²) in [5, 5.41) is 8.82. The molecule has 2 rings (SSSR count). The number of ether oxygens (including phenoxy) is 1. The standard InChI is InChI=1S/C10H14N2O3S/c13-6-4-7-1-2-9(15-7)12-5-3-8(14)11-10(12)16/h3,5,7,9,13H,1-2,4,6H2,(H,11,14,16)/t7-,9+/m0/s1. The second-order valence-electron chi connectivity index (χ2n) is 3.82. The molecule has 0 unspecified atom stereocenters. The minimum absolute atomic E-state index is 0.0869. The first-order valence-corrected chi connectivity index (χ1v) is 5.69. The molecule has 0 amide bonds. The zero-order valence-corrected chi connectivity index (χ0v) is 9.57. The number of rotatable bonds is 3. The molecule has 0 bridgehead atoms. The molecule has 2 N–H and O–H groups in total. The van der Waals surface area contributed by atoms with Crippen LogP contribution in [0.3, 0.4) is 0 Å². The van der Waals surface area contributed by atoms with Crippen LogP contribution >= 0.6 is 12.2 Å². The van der Waals surface area contributed by atoms with Gasteiger partial charge < -0.3 is 9.84 Å². The second-order valence-corrected chi connectivity index (χ2v) is 4.21. The van der Waals surface area contributed by atoms with E-state index in [1.165, 1.54) is 6.07 Å². The van der Waals surface area contributed by atoms with Crippen LogP contribution in [-0.2, 0) is 4.74 Å². The largest absolute Gasteiger partial charge is 0.396 e. The average molecular weight is 242 g/mol. The smallest absolute Gasteiger partial charge is 0.251 e. The number of hydrogen-bond acceptors (Lipinski definition) is 4. The third kappa shape index (κ3) is 2.40. The predicted molar refractivity (Wildman–Crippen MR) is 60.7 cm³/mol. The summed E-state index contributed by atoms with van der Waals surface area (Å²) < 4.78 is 7.84. The molecule has 88 valence electrons. The van der Waals surface area contributed by atoms with Gasteiger partial charge in [-0.2, -0.15) is 0 Å². The van der Waals surface area contributed by atoms with E-state index in [2.05, 4.69) is 4.98 Å². The maximum absolute atomic E-state index is 11.0. The van der Waals surface area contributed by atoms with Crippen LogP contribution < -0.4 is 5.56 Å². The minimum atomic E-state index is -0.203. The molecule has 1 aromatic heterocycles. The Morgan fingerprint density at radius 1 is 1.62 bits per heavy atom. The lowest BCUT2D eigenvalue weighted by molar-refractivity contribution is -0.00922. The van der Waals surface area contributed by atoms with Crippen LogP contribution in [0.15, 0.2) is 17.1 Å². The molecule has 1 aliphatic rings. The summed E-state index contributed by atoms with van der Waals surface area (Å²) in [4.78, 5) is 13.6. The second kappa shape index (κ2) is 4.90. The number of aliphatic hydroxyl groups excluding tert-OH is 1. The highest BCUT2D eigenvalue weighted by molar-refractivity contribution is 7.71. The molecule has 1 saturated heterocycles. The Balaban J connectivity index is 2.14. The number of aliphatic hydroxyl groups is 1. The molecule has 1 aliphatic heterocycles. The van der Waals surface area contributed by atoms with Crippen molar-refractivity contribution in [2.45, 2.75) is 31.6 Å². The zero-order valence-electron chi connectivity index (χ0n) is 8.76. The lowest BCUT2D eigenvalue weighted by atomic mass is 10.2. The first-order chi connectivity index (χ1) is 7.70. The van der Waals surface area contributed by atoms with Gasteiger partial charge in [0.2, 0.25) is 0 Å². The Kier molecular flexibility index (Phi) is 3.52. The quantitative estimate of drug-likeness (QED) is 0.775. The molecule has 0 spiro atoms. The van der Waals surface area contributed by atoms with Crippen molar-refractivity contribution in [1.29, 1.82) is 0 Å². The summed E-state index contributed by atoms with van der Waals surface area (Å²) in [5.74, 6) is 0. The molecule has 1 aromatic rings. The van der Waals surface area contributed by atoms with E-state index in [0.717, 1.165) is 12.8 Å². The van der Waals surface area contributed by atoms with Gasteiger partial charge in [0, 0.05) is 18.9 Å². The Morgan fingerprint density at radius 3 is 3.12 bits per heavy atom. The van der Waals surface area contributed by atoms with E-state index in [1.54, 1.807) is 10.8 Å². The van der Waals surface area contributed by atoms with Gasteiger partial charge in [-0.15, -0.1) is 0 Å². The third-order valence-corrected chi connectivity index (χ3v) is 3.01. The van der Waals surface area contributed by atoms with Gasteiger partial charge in [-0.1, -0.05) is 0 Å². The summed E-state index contributed by atoms with van der Waals surface area (Å²) >= 11 is 5.06. The van der Waals surface area contributed by atoms with Crippen LogP contribution in [0.2, 0.25) is 0 Å². The van der Waals surface area contributed by atoms with Crippen molar-refractivity contribution in [2.24, 2.45) is 0 Å². The third-order valence-electron chi connectivity index (χ3n) is 2.70. The summed E-state index contributed by atoms with van der Waals surface area (Å²) in [7, 11) is 0. The molecular weight excluding hydrogens is 228 g/mol. The van der Waals surface area contributed by atoms with Gasteiger partial charge >= 0.3 is 0 Å². The maximum atomic E-state index is 11.0. The number of hydrogen-bond donors (Lipinski definition) is 2. The van der Waals surface area contributed by atoms with E-state index in [-0.39, 0.29) is 24.5 Å². The fraction of sp³-hybridized carbons (Fsp3) is 0.600. The van der Waals surface area contributed by atoms with Gasteiger partial charge in [-0.25, -0.2) is 0 Å². The number of H-pyrrole nitrogens is 1. The summed E-state index contributed by atoms with van der Waals surface area (Å²) in [6.07, 6.45) is 4.02. The molecule has 5 nitrogen and oxygen atoms in total. The monoisotopic (exact) mass is 242 g/mol. The van der Waals surface area contributed by atoms with Crippen LogP contribution in [-0.4, -0.2) is 27.4 Å². The van der Waals surface area contributed by atoms with Crippen molar-refractivity contribution in [3.63, 3.8) is 0 Å². The van der Waals surface area contributed by atoms with Gasteiger partial charge in [0.05, 0.1) is 6.10 Å². The first kappa shape index (κ1) is 11.5. The van der Waals surface area contributed by atoms with E-state index in [9.17, 15) is 4.79 Å². The summed E-state index contributed by atoms with van der Waals surface area (Å²) in [6, 6.07) is 1.43. The molecule has 1 fully saturated rings. The van der Waals surface area contributed by atoms with Crippen LogP contribution in [0.4, 0.5) is 0 Å². The molecule has 2 heterocycles. The van der Waals surface area contributed by atoms with Crippen molar-refractivity contribution in [3.05, 3.63) is 27.4 Å².